The molecule has 0 unspecified atom stereocenters. The molecular weight excluding hydrogens is 242 g/mol. The Morgan fingerprint density at radius 2 is 1.88 bits per heavy atom. The third kappa shape index (κ3) is 4.69. The molecule has 0 atom stereocenters. The molecule has 0 aliphatic heterocycles. The first-order valence-electron chi connectivity index (χ1n) is 4.74. The van der Waals surface area contributed by atoms with Crippen molar-refractivity contribution in [3.05, 3.63) is 41.3 Å². The summed E-state index contributed by atoms with van der Waals surface area (Å²) in [7, 11) is -2.15. The molecule has 0 aliphatic carbocycles. The van der Waals surface area contributed by atoms with Crippen LogP contribution in [0.5, 0.6) is 0 Å². The molecule has 17 heavy (non-hydrogen) atoms. The predicted molar refractivity (Wildman–Crippen MR) is 64.8 cm³/mol. The standard InChI is InChI=1S/C11H13NO4S/c1-16-11(13)12-10(8-17(2,14)15)9-6-4-3-5-7-9/h3-8H,1-2H3,(H,12,13)/b10-8+. The fourth-order valence-electron chi connectivity index (χ4n) is 1.16. The number of carbonyl (C=O) groups excluding carboxylic acids is 1. The Hall–Kier alpha value is -1.82. The minimum Gasteiger partial charge on any atom is -0.453 e. The number of hydrogen-bond donors (Lipinski definition) is 1. The molecule has 1 N–H and O–H groups in total. The Bertz CT molecular complexity index is 520. The summed E-state index contributed by atoms with van der Waals surface area (Å²) >= 11 is 0. The van der Waals surface area contributed by atoms with E-state index < -0.39 is 15.9 Å². The summed E-state index contributed by atoms with van der Waals surface area (Å²) in [4.78, 5) is 11.1. The number of nitrogens with one attached hydrogen (secondary N) is 1. The lowest BCUT2D eigenvalue weighted by Crippen LogP contribution is -2.22. The monoisotopic (exact) mass is 255 g/mol. The van der Waals surface area contributed by atoms with Gasteiger partial charge in [-0.25, -0.2) is 13.2 Å². The van der Waals surface area contributed by atoms with Gasteiger partial charge in [-0.1, -0.05) is 30.3 Å². The van der Waals surface area contributed by atoms with Gasteiger partial charge in [-0.2, -0.15) is 0 Å². The van der Waals surface area contributed by atoms with Crippen molar-refractivity contribution >= 4 is 21.6 Å². The Morgan fingerprint density at radius 3 is 2.35 bits per heavy atom. The SMILES string of the molecule is COC(=O)N/C(=C/S(C)(=O)=O)c1ccccc1. The van der Waals surface area contributed by atoms with Crippen LogP contribution >= 0.6 is 0 Å². The molecule has 1 amide bonds. The Balaban J connectivity index is 3.13. The molecule has 0 spiro atoms. The predicted octanol–water partition coefficient (Wildman–Crippen LogP) is 1.39. The van der Waals surface area contributed by atoms with Crippen LogP contribution in [0.4, 0.5) is 4.79 Å². The van der Waals surface area contributed by atoms with Crippen LogP contribution < -0.4 is 5.32 Å². The van der Waals surface area contributed by atoms with Crippen LogP contribution in [0, 0.1) is 0 Å². The van der Waals surface area contributed by atoms with Gasteiger partial charge in [0.25, 0.3) is 0 Å². The van der Waals surface area contributed by atoms with Gasteiger partial charge in [-0.3, -0.25) is 5.32 Å². The van der Waals surface area contributed by atoms with E-state index in [1.165, 1.54) is 7.11 Å². The van der Waals surface area contributed by atoms with Crippen LogP contribution in [0.3, 0.4) is 0 Å². The largest absolute Gasteiger partial charge is 0.453 e. The van der Waals surface area contributed by atoms with Crippen LogP contribution in [-0.4, -0.2) is 27.9 Å². The van der Waals surface area contributed by atoms with E-state index in [2.05, 4.69) is 10.1 Å². The number of benzene rings is 1. The van der Waals surface area contributed by atoms with E-state index in [4.69, 9.17) is 0 Å². The van der Waals surface area contributed by atoms with E-state index in [1.807, 2.05) is 0 Å². The smallest absolute Gasteiger partial charge is 0.411 e. The second-order valence-electron chi connectivity index (χ2n) is 3.34. The highest BCUT2D eigenvalue weighted by atomic mass is 32.2. The topological polar surface area (TPSA) is 72.5 Å². The Labute approximate surface area is 100 Å². The number of ether oxygens (including phenoxy) is 1. The first-order chi connectivity index (χ1) is 7.92. The van der Waals surface area contributed by atoms with Crippen molar-refractivity contribution in [3.8, 4) is 0 Å². The summed E-state index contributed by atoms with van der Waals surface area (Å²) in [6, 6.07) is 8.65. The lowest BCUT2D eigenvalue weighted by molar-refractivity contribution is 0.176. The van der Waals surface area contributed by atoms with Gasteiger partial charge in [0.2, 0.25) is 0 Å². The minimum absolute atomic E-state index is 0.181. The van der Waals surface area contributed by atoms with E-state index in [0.717, 1.165) is 11.7 Å². The number of methoxy groups -OCH3 is 1. The number of rotatable bonds is 3. The maximum Gasteiger partial charge on any atom is 0.411 e. The van der Waals surface area contributed by atoms with Crippen LogP contribution in [0.2, 0.25) is 0 Å². The van der Waals surface area contributed by atoms with Crippen molar-refractivity contribution in [1.29, 1.82) is 0 Å². The third-order valence-electron chi connectivity index (χ3n) is 1.84. The molecule has 0 fully saturated rings. The number of hydrogen-bond acceptors (Lipinski definition) is 4. The molecule has 0 saturated carbocycles. The Kier molecular flexibility index (Phi) is 4.28. The first-order valence-corrected chi connectivity index (χ1v) is 6.70. The maximum atomic E-state index is 11.2. The highest BCUT2D eigenvalue weighted by Gasteiger charge is 2.09. The average Bonchev–Trinajstić information content (AvgIpc) is 2.27. The Morgan fingerprint density at radius 1 is 1.29 bits per heavy atom. The van der Waals surface area contributed by atoms with Gasteiger partial charge in [0.05, 0.1) is 18.2 Å². The van der Waals surface area contributed by atoms with Crippen LogP contribution in [0.25, 0.3) is 5.70 Å². The summed E-state index contributed by atoms with van der Waals surface area (Å²) in [5.41, 5.74) is 0.767. The lowest BCUT2D eigenvalue weighted by Gasteiger charge is -2.08. The summed E-state index contributed by atoms with van der Waals surface area (Å²) < 4.78 is 26.9. The molecule has 0 aromatic heterocycles. The van der Waals surface area contributed by atoms with Crippen molar-refractivity contribution in [2.24, 2.45) is 0 Å². The normalized spacial score (nSPS) is 12.0. The molecule has 1 aromatic carbocycles. The first kappa shape index (κ1) is 13.2. The number of amides is 1. The van der Waals surface area contributed by atoms with Crippen molar-refractivity contribution in [2.75, 3.05) is 13.4 Å². The molecule has 0 saturated heterocycles. The quantitative estimate of drug-likeness (QED) is 0.885. The number of sulfone groups is 1. The van der Waals surface area contributed by atoms with Crippen molar-refractivity contribution < 1.29 is 17.9 Å². The fraction of sp³-hybridized carbons (Fsp3) is 0.182. The third-order valence-corrected chi connectivity index (χ3v) is 2.50. The lowest BCUT2D eigenvalue weighted by atomic mass is 10.2. The van der Waals surface area contributed by atoms with Gasteiger partial charge in [0.15, 0.2) is 9.84 Å². The maximum absolute atomic E-state index is 11.2. The van der Waals surface area contributed by atoms with Crippen LogP contribution in [-0.2, 0) is 14.6 Å². The molecule has 92 valence electrons. The number of carbonyl (C=O) groups is 1. The zero-order valence-corrected chi connectivity index (χ0v) is 10.3. The van der Waals surface area contributed by atoms with E-state index in [9.17, 15) is 13.2 Å². The fourth-order valence-corrected chi connectivity index (χ4v) is 1.79. The van der Waals surface area contributed by atoms with Gasteiger partial charge in [-0.05, 0) is 5.56 Å². The molecule has 0 aliphatic rings. The van der Waals surface area contributed by atoms with Crippen LogP contribution in [0.1, 0.15) is 5.56 Å². The van der Waals surface area contributed by atoms with Gasteiger partial charge < -0.3 is 4.74 Å². The molecule has 0 heterocycles. The summed E-state index contributed by atoms with van der Waals surface area (Å²) in [5, 5.41) is 3.35. The molecule has 6 heteroatoms. The molecule has 1 rings (SSSR count). The van der Waals surface area contributed by atoms with E-state index in [-0.39, 0.29) is 5.70 Å². The molecular formula is C11H13NO4S. The second-order valence-corrected chi connectivity index (χ2v) is 5.24. The van der Waals surface area contributed by atoms with Crippen molar-refractivity contribution in [1.82, 2.24) is 5.32 Å². The van der Waals surface area contributed by atoms with Crippen molar-refractivity contribution in [3.63, 3.8) is 0 Å². The molecule has 0 radical (unpaired) electrons. The molecule has 0 bridgehead atoms. The van der Waals surface area contributed by atoms with Gasteiger partial charge in [-0.15, -0.1) is 0 Å². The highest BCUT2D eigenvalue weighted by Crippen LogP contribution is 2.12. The highest BCUT2D eigenvalue weighted by molar-refractivity contribution is 7.93. The molecule has 5 nitrogen and oxygen atoms in total. The van der Waals surface area contributed by atoms with Crippen molar-refractivity contribution in [2.45, 2.75) is 0 Å². The van der Waals surface area contributed by atoms with Crippen LogP contribution in [0.15, 0.2) is 35.7 Å². The zero-order valence-electron chi connectivity index (χ0n) is 9.51. The zero-order chi connectivity index (χ0) is 12.9. The van der Waals surface area contributed by atoms with E-state index in [0.29, 0.717) is 5.56 Å². The average molecular weight is 255 g/mol. The van der Waals surface area contributed by atoms with Gasteiger partial charge in [0, 0.05) is 6.26 Å². The summed E-state index contributed by atoms with van der Waals surface area (Å²) in [5.74, 6) is 0. The van der Waals surface area contributed by atoms with E-state index >= 15 is 0 Å². The molecule has 1 aromatic rings. The minimum atomic E-state index is -3.36. The van der Waals surface area contributed by atoms with E-state index in [1.54, 1.807) is 30.3 Å². The summed E-state index contributed by atoms with van der Waals surface area (Å²) in [6.45, 7) is 0. The van der Waals surface area contributed by atoms with Gasteiger partial charge in [0.1, 0.15) is 0 Å². The summed E-state index contributed by atoms with van der Waals surface area (Å²) in [6.07, 6.45) is 0.332. The second kappa shape index (κ2) is 5.49. The number of alkyl carbamates (subject to hydrolysis) is 1. The van der Waals surface area contributed by atoms with Gasteiger partial charge >= 0.3 is 6.09 Å².